The summed E-state index contributed by atoms with van der Waals surface area (Å²) in [6.45, 7) is 0. The number of carbonyl (C=O) groups is 2. The Balaban J connectivity index is 2.16. The average Bonchev–Trinajstić information content (AvgIpc) is 2.48. The van der Waals surface area contributed by atoms with Crippen molar-refractivity contribution >= 4 is 11.8 Å². The van der Waals surface area contributed by atoms with Gasteiger partial charge in [-0.15, -0.1) is 0 Å². The predicted molar refractivity (Wildman–Crippen MR) is 43.0 cm³/mol. The van der Waals surface area contributed by atoms with Gasteiger partial charge in [-0.05, 0) is 12.8 Å². The first-order valence-corrected chi connectivity index (χ1v) is 4.48. The summed E-state index contributed by atoms with van der Waals surface area (Å²) in [6, 6.07) is 0. The van der Waals surface area contributed by atoms with Crippen LogP contribution in [0, 0.1) is 5.92 Å². The van der Waals surface area contributed by atoms with Crippen LogP contribution >= 0.6 is 0 Å². The number of methoxy groups -OCH3 is 1. The first-order valence-electron chi connectivity index (χ1n) is 4.48. The number of Topliss-reactive ketones (excluding diaryl/α,β-unsaturated/α-hetero) is 1. The highest BCUT2D eigenvalue weighted by Crippen LogP contribution is 2.34. The lowest BCUT2D eigenvalue weighted by Gasteiger charge is -2.25. The van der Waals surface area contributed by atoms with Crippen molar-refractivity contribution in [3.8, 4) is 0 Å². The molecule has 2 aliphatic heterocycles. The third kappa shape index (κ3) is 1.35. The molecule has 72 valence electrons. The zero-order valence-corrected chi connectivity index (χ0v) is 7.49. The molecule has 0 aromatic heterocycles. The number of ketones is 1. The van der Waals surface area contributed by atoms with Gasteiger partial charge in [0.05, 0.1) is 19.3 Å². The van der Waals surface area contributed by atoms with Gasteiger partial charge in [-0.3, -0.25) is 9.59 Å². The lowest BCUT2D eigenvalue weighted by atomic mass is 9.94. The van der Waals surface area contributed by atoms with Crippen LogP contribution in [0.25, 0.3) is 0 Å². The molecule has 0 radical (unpaired) electrons. The summed E-state index contributed by atoms with van der Waals surface area (Å²) in [5.74, 6) is -1.13. The number of ether oxygens (including phenoxy) is 2. The molecule has 4 nitrogen and oxygen atoms in total. The zero-order chi connectivity index (χ0) is 9.42. The van der Waals surface area contributed by atoms with Crippen molar-refractivity contribution in [3.63, 3.8) is 0 Å². The van der Waals surface area contributed by atoms with Gasteiger partial charge >= 0.3 is 5.97 Å². The van der Waals surface area contributed by atoms with Gasteiger partial charge in [0, 0.05) is 6.42 Å². The molecule has 2 rings (SSSR count). The van der Waals surface area contributed by atoms with Crippen LogP contribution in [0.4, 0.5) is 0 Å². The van der Waals surface area contributed by atoms with Crippen molar-refractivity contribution in [1.82, 2.24) is 0 Å². The van der Waals surface area contributed by atoms with Gasteiger partial charge < -0.3 is 9.47 Å². The Hall–Kier alpha value is -0.900. The molecule has 0 aliphatic carbocycles. The van der Waals surface area contributed by atoms with E-state index in [-0.39, 0.29) is 18.0 Å². The third-order valence-corrected chi connectivity index (χ3v) is 2.74. The number of hydrogen-bond acceptors (Lipinski definition) is 4. The second-order valence-electron chi connectivity index (χ2n) is 3.55. The van der Waals surface area contributed by atoms with E-state index < -0.39 is 11.9 Å². The minimum atomic E-state index is -0.663. The second kappa shape index (κ2) is 3.10. The maximum Gasteiger partial charge on any atom is 0.318 e. The van der Waals surface area contributed by atoms with Gasteiger partial charge in [-0.1, -0.05) is 0 Å². The standard InChI is InChI=1S/C9H12O4/c1-12-9(11)8-6(10)4-5-2-3-7(8)13-5/h5,7-8H,2-4H2,1H3/t5?,7-,8?/m0/s1. The molecule has 0 spiro atoms. The Morgan fingerprint density at radius 3 is 3.00 bits per heavy atom. The molecule has 2 bridgehead atoms. The summed E-state index contributed by atoms with van der Waals surface area (Å²) in [4.78, 5) is 22.7. The first-order chi connectivity index (χ1) is 6.22. The normalized spacial score (nSPS) is 37.6. The number of hydrogen-bond donors (Lipinski definition) is 0. The fourth-order valence-electron chi connectivity index (χ4n) is 2.10. The van der Waals surface area contributed by atoms with Crippen LogP contribution in [0.5, 0.6) is 0 Å². The summed E-state index contributed by atoms with van der Waals surface area (Å²) in [5.41, 5.74) is 0. The SMILES string of the molecule is COC(=O)C1C(=O)CC2CC[C@@H]1O2. The second-order valence-corrected chi connectivity index (χ2v) is 3.55. The molecule has 2 aliphatic rings. The zero-order valence-electron chi connectivity index (χ0n) is 7.49. The minimum absolute atomic E-state index is 0.0226. The van der Waals surface area contributed by atoms with Crippen LogP contribution in [0.3, 0.4) is 0 Å². The van der Waals surface area contributed by atoms with Gasteiger partial charge in [0.2, 0.25) is 0 Å². The average molecular weight is 184 g/mol. The third-order valence-electron chi connectivity index (χ3n) is 2.74. The maximum absolute atomic E-state index is 11.5. The smallest absolute Gasteiger partial charge is 0.318 e. The van der Waals surface area contributed by atoms with E-state index in [1.165, 1.54) is 7.11 Å². The van der Waals surface area contributed by atoms with Crippen molar-refractivity contribution in [2.24, 2.45) is 5.92 Å². The van der Waals surface area contributed by atoms with Crippen molar-refractivity contribution in [2.75, 3.05) is 7.11 Å². The lowest BCUT2D eigenvalue weighted by Crippen LogP contribution is -2.41. The Morgan fingerprint density at radius 1 is 1.54 bits per heavy atom. The van der Waals surface area contributed by atoms with Crippen LogP contribution in [0.1, 0.15) is 19.3 Å². The molecule has 2 fully saturated rings. The fourth-order valence-corrected chi connectivity index (χ4v) is 2.10. The molecular weight excluding hydrogens is 172 g/mol. The van der Waals surface area contributed by atoms with E-state index in [0.29, 0.717) is 6.42 Å². The topological polar surface area (TPSA) is 52.6 Å². The highest BCUT2D eigenvalue weighted by Gasteiger charge is 2.46. The molecule has 2 heterocycles. The molecule has 3 atom stereocenters. The number of rotatable bonds is 1. The monoisotopic (exact) mass is 184 g/mol. The molecule has 0 aromatic rings. The Kier molecular flexibility index (Phi) is 2.07. The molecule has 0 amide bonds. The summed E-state index contributed by atoms with van der Waals surface area (Å²) in [7, 11) is 1.30. The van der Waals surface area contributed by atoms with Gasteiger partial charge in [-0.25, -0.2) is 0 Å². The molecule has 2 saturated heterocycles. The maximum atomic E-state index is 11.5. The molecule has 0 N–H and O–H groups in total. The summed E-state index contributed by atoms with van der Waals surface area (Å²) >= 11 is 0. The molecule has 0 aromatic carbocycles. The van der Waals surface area contributed by atoms with Gasteiger partial charge in [0.25, 0.3) is 0 Å². The molecular formula is C9H12O4. The van der Waals surface area contributed by atoms with Crippen LogP contribution in [0.2, 0.25) is 0 Å². The van der Waals surface area contributed by atoms with E-state index in [2.05, 4.69) is 4.74 Å². The van der Waals surface area contributed by atoms with Gasteiger partial charge in [0.15, 0.2) is 5.78 Å². The largest absolute Gasteiger partial charge is 0.468 e. The number of fused-ring (bicyclic) bond motifs is 2. The molecule has 2 unspecified atom stereocenters. The summed E-state index contributed by atoms with van der Waals surface area (Å²) in [5, 5.41) is 0. The van der Waals surface area contributed by atoms with Crippen molar-refractivity contribution in [2.45, 2.75) is 31.5 Å². The number of carbonyl (C=O) groups excluding carboxylic acids is 2. The van der Waals surface area contributed by atoms with Crippen LogP contribution in [-0.4, -0.2) is 31.1 Å². The Bertz CT molecular complexity index is 248. The van der Waals surface area contributed by atoms with Crippen molar-refractivity contribution < 1.29 is 19.1 Å². The van der Waals surface area contributed by atoms with E-state index in [0.717, 1.165) is 12.8 Å². The predicted octanol–water partition coefficient (Wildman–Crippen LogP) is 0.296. The van der Waals surface area contributed by atoms with Crippen molar-refractivity contribution in [3.05, 3.63) is 0 Å². The summed E-state index contributed by atoms with van der Waals surface area (Å²) in [6.07, 6.45) is 1.90. The fraction of sp³-hybridized carbons (Fsp3) is 0.778. The van der Waals surface area contributed by atoms with E-state index in [9.17, 15) is 9.59 Å². The summed E-state index contributed by atoms with van der Waals surface area (Å²) < 4.78 is 10.1. The lowest BCUT2D eigenvalue weighted by molar-refractivity contribution is -0.161. The number of esters is 1. The quantitative estimate of drug-likeness (QED) is 0.434. The minimum Gasteiger partial charge on any atom is -0.468 e. The Labute approximate surface area is 76.2 Å². The molecule has 4 heteroatoms. The first kappa shape index (κ1) is 8.69. The van der Waals surface area contributed by atoms with Crippen molar-refractivity contribution in [1.29, 1.82) is 0 Å². The molecule has 13 heavy (non-hydrogen) atoms. The van der Waals surface area contributed by atoms with E-state index in [4.69, 9.17) is 4.74 Å². The van der Waals surface area contributed by atoms with E-state index in [1.807, 2.05) is 0 Å². The highest BCUT2D eigenvalue weighted by molar-refractivity contribution is 6.00. The Morgan fingerprint density at radius 2 is 2.31 bits per heavy atom. The van der Waals surface area contributed by atoms with Crippen LogP contribution in [-0.2, 0) is 19.1 Å². The van der Waals surface area contributed by atoms with Gasteiger partial charge in [-0.2, -0.15) is 0 Å². The molecule has 0 saturated carbocycles. The van der Waals surface area contributed by atoms with Crippen LogP contribution in [0.15, 0.2) is 0 Å². The van der Waals surface area contributed by atoms with Crippen LogP contribution < -0.4 is 0 Å². The van der Waals surface area contributed by atoms with E-state index in [1.54, 1.807) is 0 Å². The highest BCUT2D eigenvalue weighted by atomic mass is 16.5. The van der Waals surface area contributed by atoms with E-state index >= 15 is 0 Å². The van der Waals surface area contributed by atoms with Gasteiger partial charge in [0.1, 0.15) is 5.92 Å².